The predicted molar refractivity (Wildman–Crippen MR) is 64.1 cm³/mol. The molecule has 0 saturated carbocycles. The Hall–Kier alpha value is -0.630. The number of esters is 2. The van der Waals surface area contributed by atoms with Crippen LogP contribution in [0.2, 0.25) is 0 Å². The van der Waals surface area contributed by atoms with Crippen molar-refractivity contribution in [3.8, 4) is 0 Å². The van der Waals surface area contributed by atoms with Crippen LogP contribution >= 0.6 is 33.9 Å². The minimum Gasteiger partial charge on any atom is -0.466 e. The van der Waals surface area contributed by atoms with Gasteiger partial charge in [-0.05, 0) is 40.5 Å². The lowest BCUT2D eigenvalue weighted by atomic mass is 10.3. The minimum atomic E-state index is -0.563. The second kappa shape index (κ2) is 5.45. The molecule has 15 heavy (non-hydrogen) atoms. The number of hydrogen-bond acceptors (Lipinski definition) is 5. The molecule has 4 nitrogen and oxygen atoms in total. The number of rotatable bonds is 3. The highest BCUT2D eigenvalue weighted by Crippen LogP contribution is 2.24. The fourth-order valence-electron chi connectivity index (χ4n) is 0.817. The molecule has 1 aromatic heterocycles. The molecule has 0 aliphatic heterocycles. The van der Waals surface area contributed by atoms with Gasteiger partial charge in [0.05, 0.1) is 7.11 Å². The monoisotopic (exact) mass is 340 g/mol. The third kappa shape index (κ3) is 3.16. The molecule has 0 aliphatic carbocycles. The average molecular weight is 340 g/mol. The van der Waals surface area contributed by atoms with Crippen LogP contribution in [0.1, 0.15) is 15.2 Å². The first-order valence-electron chi connectivity index (χ1n) is 4.03. The van der Waals surface area contributed by atoms with E-state index in [9.17, 15) is 9.59 Å². The van der Waals surface area contributed by atoms with E-state index in [1.54, 1.807) is 0 Å². The van der Waals surface area contributed by atoms with Crippen LogP contribution in [0.15, 0.2) is 5.38 Å². The molecule has 1 aromatic rings. The topological polar surface area (TPSA) is 52.6 Å². The van der Waals surface area contributed by atoms with Gasteiger partial charge in [0.2, 0.25) is 0 Å². The van der Waals surface area contributed by atoms with Crippen LogP contribution in [0.3, 0.4) is 0 Å². The molecular weight excluding hydrogens is 331 g/mol. The molecule has 1 heterocycles. The molecule has 0 radical (unpaired) electrons. The smallest absolute Gasteiger partial charge is 0.349 e. The molecule has 0 saturated heterocycles. The van der Waals surface area contributed by atoms with Gasteiger partial charge in [0.1, 0.15) is 4.88 Å². The fraction of sp³-hybridized carbons (Fsp3) is 0.333. The van der Waals surface area contributed by atoms with Crippen LogP contribution in [0, 0.1) is 10.5 Å². The largest absolute Gasteiger partial charge is 0.466 e. The quantitative estimate of drug-likeness (QED) is 0.624. The van der Waals surface area contributed by atoms with Gasteiger partial charge in [-0.3, -0.25) is 0 Å². The van der Waals surface area contributed by atoms with Crippen molar-refractivity contribution in [1.29, 1.82) is 0 Å². The molecule has 0 amide bonds. The lowest BCUT2D eigenvalue weighted by Crippen LogP contribution is -2.14. The predicted octanol–water partition coefficient (Wildman–Crippen LogP) is 1.99. The third-order valence-electron chi connectivity index (χ3n) is 1.63. The molecule has 0 aromatic carbocycles. The molecular formula is C9H9IO4S. The van der Waals surface area contributed by atoms with Gasteiger partial charge in [0.25, 0.3) is 0 Å². The first-order chi connectivity index (χ1) is 7.06. The minimum absolute atomic E-state index is 0.345. The van der Waals surface area contributed by atoms with Crippen LogP contribution < -0.4 is 0 Å². The van der Waals surface area contributed by atoms with Gasteiger partial charge in [-0.1, -0.05) is 0 Å². The zero-order valence-electron chi connectivity index (χ0n) is 8.20. The van der Waals surface area contributed by atoms with E-state index < -0.39 is 11.9 Å². The van der Waals surface area contributed by atoms with Crippen LogP contribution in [0.4, 0.5) is 0 Å². The van der Waals surface area contributed by atoms with Crippen molar-refractivity contribution in [2.45, 2.75) is 6.92 Å². The highest BCUT2D eigenvalue weighted by Gasteiger charge is 2.16. The summed E-state index contributed by atoms with van der Waals surface area (Å²) in [4.78, 5) is 22.7. The Kier molecular flexibility index (Phi) is 4.52. The van der Waals surface area contributed by atoms with E-state index in [-0.39, 0.29) is 6.61 Å². The molecule has 0 aliphatic rings. The van der Waals surface area contributed by atoms with E-state index in [1.165, 1.54) is 18.4 Å². The molecule has 0 fully saturated rings. The maximum atomic E-state index is 11.5. The van der Waals surface area contributed by atoms with Gasteiger partial charge in [-0.25, -0.2) is 9.59 Å². The van der Waals surface area contributed by atoms with Crippen molar-refractivity contribution < 1.29 is 19.1 Å². The highest BCUT2D eigenvalue weighted by molar-refractivity contribution is 14.1. The normalized spacial score (nSPS) is 9.80. The molecule has 82 valence electrons. The summed E-state index contributed by atoms with van der Waals surface area (Å²) in [6.45, 7) is 1.57. The Morgan fingerprint density at radius 2 is 2.20 bits per heavy atom. The second-order valence-corrected chi connectivity index (χ2v) is 4.67. The summed E-state index contributed by atoms with van der Waals surface area (Å²) in [7, 11) is 1.25. The number of halogens is 1. The Bertz CT molecular complexity index is 385. The maximum absolute atomic E-state index is 11.5. The van der Waals surface area contributed by atoms with Crippen molar-refractivity contribution in [1.82, 2.24) is 0 Å². The van der Waals surface area contributed by atoms with E-state index >= 15 is 0 Å². The molecule has 0 unspecified atom stereocenters. The number of carbonyl (C=O) groups is 2. The molecule has 0 bridgehead atoms. The SMILES string of the molecule is COC(=O)COC(=O)c1scc(C)c1I. The molecule has 6 heteroatoms. The molecule has 0 spiro atoms. The van der Waals surface area contributed by atoms with E-state index in [0.717, 1.165) is 9.13 Å². The zero-order chi connectivity index (χ0) is 11.4. The summed E-state index contributed by atoms with van der Waals surface area (Å²) in [5.74, 6) is -1.05. The standard InChI is InChI=1S/C9H9IO4S/c1-5-4-15-8(7(5)10)9(12)14-3-6(11)13-2/h4H,3H2,1-2H3. The summed E-state index contributed by atoms with van der Waals surface area (Å²) < 4.78 is 9.99. The van der Waals surface area contributed by atoms with Crippen molar-refractivity contribution in [2.75, 3.05) is 13.7 Å². The van der Waals surface area contributed by atoms with Crippen molar-refractivity contribution in [3.05, 3.63) is 19.4 Å². The van der Waals surface area contributed by atoms with E-state index in [2.05, 4.69) is 27.3 Å². The van der Waals surface area contributed by atoms with Gasteiger partial charge >= 0.3 is 11.9 Å². The van der Waals surface area contributed by atoms with Gasteiger partial charge in [0.15, 0.2) is 6.61 Å². The Balaban J connectivity index is 2.62. The Labute approximate surface area is 105 Å². The summed E-state index contributed by atoms with van der Waals surface area (Å²) in [6.07, 6.45) is 0. The molecule has 0 N–H and O–H groups in total. The van der Waals surface area contributed by atoms with Crippen LogP contribution in [0.5, 0.6) is 0 Å². The van der Waals surface area contributed by atoms with E-state index in [4.69, 9.17) is 4.74 Å². The number of methoxy groups -OCH3 is 1. The van der Waals surface area contributed by atoms with Gasteiger partial charge in [-0.2, -0.15) is 0 Å². The van der Waals surface area contributed by atoms with E-state index in [0.29, 0.717) is 4.88 Å². The maximum Gasteiger partial charge on any atom is 0.349 e. The highest BCUT2D eigenvalue weighted by atomic mass is 127. The number of carbonyl (C=O) groups excluding carboxylic acids is 2. The van der Waals surface area contributed by atoms with Crippen molar-refractivity contribution in [2.24, 2.45) is 0 Å². The summed E-state index contributed by atoms with van der Waals surface area (Å²) in [5.41, 5.74) is 1.03. The third-order valence-corrected chi connectivity index (χ3v) is 4.47. The lowest BCUT2D eigenvalue weighted by molar-refractivity contribution is -0.144. The Morgan fingerprint density at radius 1 is 1.53 bits per heavy atom. The van der Waals surface area contributed by atoms with Gasteiger partial charge in [-0.15, -0.1) is 11.3 Å². The van der Waals surface area contributed by atoms with Crippen LogP contribution in [-0.2, 0) is 14.3 Å². The summed E-state index contributed by atoms with van der Waals surface area (Å²) in [5, 5.41) is 1.87. The van der Waals surface area contributed by atoms with Crippen molar-refractivity contribution >= 4 is 45.9 Å². The van der Waals surface area contributed by atoms with Crippen LogP contribution in [-0.4, -0.2) is 25.7 Å². The first kappa shape index (κ1) is 12.4. The second-order valence-electron chi connectivity index (χ2n) is 2.71. The number of aryl methyl sites for hydroxylation is 1. The van der Waals surface area contributed by atoms with Crippen molar-refractivity contribution in [3.63, 3.8) is 0 Å². The Morgan fingerprint density at radius 3 is 2.67 bits per heavy atom. The average Bonchev–Trinajstić information content (AvgIpc) is 2.56. The van der Waals surface area contributed by atoms with Gasteiger partial charge < -0.3 is 9.47 Å². The van der Waals surface area contributed by atoms with Crippen LogP contribution in [0.25, 0.3) is 0 Å². The summed E-state index contributed by atoms with van der Waals surface area (Å²) >= 11 is 3.38. The van der Waals surface area contributed by atoms with E-state index in [1.807, 2.05) is 12.3 Å². The zero-order valence-corrected chi connectivity index (χ0v) is 11.2. The number of thiophene rings is 1. The van der Waals surface area contributed by atoms with Gasteiger partial charge in [0, 0.05) is 3.57 Å². The molecule has 0 atom stereocenters. The number of ether oxygens (including phenoxy) is 2. The number of hydrogen-bond donors (Lipinski definition) is 0. The molecule has 1 rings (SSSR count). The summed E-state index contributed by atoms with van der Waals surface area (Å²) in [6, 6.07) is 0. The lowest BCUT2D eigenvalue weighted by Gasteiger charge is -2.01. The first-order valence-corrected chi connectivity index (χ1v) is 5.99. The fourth-order valence-corrected chi connectivity index (χ4v) is 2.62.